The summed E-state index contributed by atoms with van der Waals surface area (Å²) in [5, 5.41) is 9.36. The number of anilines is 1. The van der Waals surface area contributed by atoms with Crippen molar-refractivity contribution >= 4 is 11.7 Å². The van der Waals surface area contributed by atoms with Gasteiger partial charge in [0.1, 0.15) is 12.4 Å². The maximum Gasteiger partial charge on any atom is 0.338 e. The van der Waals surface area contributed by atoms with Crippen LogP contribution in [0.3, 0.4) is 0 Å². The van der Waals surface area contributed by atoms with Crippen LogP contribution in [-0.4, -0.2) is 44.0 Å². The standard InChI is InChI=1S/C31H39NO4/c1-7-32(8-2)28-16-14-25(21-27(28)31(4,5)6)26-20-24(15-17-29(26)36-19-18-33)22-10-12-23(13-11-22)30(34)35-9-3/h10-17,20-21,33H,7-9,18-19H2,1-6H3. The number of rotatable bonds is 10. The zero-order valence-corrected chi connectivity index (χ0v) is 22.4. The third-order valence-electron chi connectivity index (χ3n) is 6.28. The number of carbonyl (C=O) groups is 1. The molecule has 0 saturated heterocycles. The molecule has 0 unspecified atom stereocenters. The maximum absolute atomic E-state index is 12.0. The van der Waals surface area contributed by atoms with Crippen LogP contribution in [-0.2, 0) is 10.2 Å². The lowest BCUT2D eigenvalue weighted by molar-refractivity contribution is 0.0526. The minimum atomic E-state index is -0.319. The molecule has 0 spiro atoms. The summed E-state index contributed by atoms with van der Waals surface area (Å²) in [6, 6.07) is 20.1. The number of hydrogen-bond acceptors (Lipinski definition) is 5. The van der Waals surface area contributed by atoms with Crippen LogP contribution in [0.2, 0.25) is 0 Å². The van der Waals surface area contributed by atoms with E-state index in [9.17, 15) is 9.90 Å². The Morgan fingerprint density at radius 2 is 1.50 bits per heavy atom. The van der Waals surface area contributed by atoms with Crippen LogP contribution in [0.15, 0.2) is 60.7 Å². The predicted octanol–water partition coefficient (Wildman–Crippen LogP) is 6.71. The fourth-order valence-electron chi connectivity index (χ4n) is 4.37. The number of aliphatic hydroxyl groups is 1. The molecular formula is C31H39NO4. The summed E-state index contributed by atoms with van der Waals surface area (Å²) in [5.74, 6) is 0.409. The van der Waals surface area contributed by atoms with Crippen molar-refractivity contribution in [1.29, 1.82) is 0 Å². The van der Waals surface area contributed by atoms with Crippen LogP contribution < -0.4 is 9.64 Å². The largest absolute Gasteiger partial charge is 0.491 e. The Kier molecular flexibility index (Phi) is 9.16. The van der Waals surface area contributed by atoms with Crippen LogP contribution in [0.25, 0.3) is 22.3 Å². The first-order valence-electron chi connectivity index (χ1n) is 12.8. The van der Waals surface area contributed by atoms with E-state index in [1.807, 2.05) is 24.3 Å². The molecule has 0 aliphatic carbocycles. The van der Waals surface area contributed by atoms with Gasteiger partial charge in [-0.05, 0) is 84.8 Å². The van der Waals surface area contributed by atoms with Crippen LogP contribution in [0, 0.1) is 0 Å². The Morgan fingerprint density at radius 3 is 2.08 bits per heavy atom. The normalized spacial score (nSPS) is 11.3. The van der Waals surface area contributed by atoms with Crippen LogP contribution >= 0.6 is 0 Å². The smallest absolute Gasteiger partial charge is 0.338 e. The van der Waals surface area contributed by atoms with E-state index in [4.69, 9.17) is 9.47 Å². The molecular weight excluding hydrogens is 450 g/mol. The molecule has 0 heterocycles. The molecule has 0 atom stereocenters. The molecule has 0 amide bonds. The summed E-state index contributed by atoms with van der Waals surface area (Å²) in [6.45, 7) is 15.3. The van der Waals surface area contributed by atoms with Gasteiger partial charge in [0.05, 0.1) is 18.8 Å². The molecule has 36 heavy (non-hydrogen) atoms. The lowest BCUT2D eigenvalue weighted by Gasteiger charge is -2.31. The second-order valence-electron chi connectivity index (χ2n) is 9.74. The van der Waals surface area contributed by atoms with E-state index in [0.717, 1.165) is 41.1 Å². The molecule has 1 N–H and O–H groups in total. The SMILES string of the molecule is CCOC(=O)c1ccc(-c2ccc(OCCO)c(-c3ccc(N(CC)CC)c(C(C)(C)C)c3)c2)cc1. The first kappa shape index (κ1) is 27.3. The average Bonchev–Trinajstić information content (AvgIpc) is 2.88. The quantitative estimate of drug-likeness (QED) is 0.321. The molecule has 0 bridgehead atoms. The Labute approximate surface area is 215 Å². The third-order valence-corrected chi connectivity index (χ3v) is 6.28. The van der Waals surface area contributed by atoms with Gasteiger partial charge in [0.2, 0.25) is 0 Å². The molecule has 5 heteroatoms. The average molecular weight is 490 g/mol. The van der Waals surface area contributed by atoms with Crippen molar-refractivity contribution in [2.75, 3.05) is 37.8 Å². The van der Waals surface area contributed by atoms with E-state index in [-0.39, 0.29) is 24.6 Å². The van der Waals surface area contributed by atoms with Crippen molar-refractivity contribution in [1.82, 2.24) is 0 Å². The molecule has 0 aliphatic rings. The Bertz CT molecular complexity index is 1160. The molecule has 192 valence electrons. The van der Waals surface area contributed by atoms with E-state index < -0.39 is 0 Å². The van der Waals surface area contributed by atoms with Crippen LogP contribution in [0.5, 0.6) is 5.75 Å². The molecule has 0 fully saturated rings. The Balaban J connectivity index is 2.11. The van der Waals surface area contributed by atoms with Gasteiger partial charge < -0.3 is 19.5 Å². The lowest BCUT2D eigenvalue weighted by atomic mass is 9.83. The van der Waals surface area contributed by atoms with Crippen molar-refractivity contribution < 1.29 is 19.4 Å². The Morgan fingerprint density at radius 1 is 0.861 bits per heavy atom. The number of hydrogen-bond donors (Lipinski definition) is 1. The summed E-state index contributed by atoms with van der Waals surface area (Å²) < 4.78 is 11.0. The first-order valence-corrected chi connectivity index (χ1v) is 12.8. The highest BCUT2D eigenvalue weighted by Crippen LogP contribution is 2.40. The monoisotopic (exact) mass is 489 g/mol. The van der Waals surface area contributed by atoms with E-state index >= 15 is 0 Å². The van der Waals surface area contributed by atoms with E-state index in [2.05, 4.69) is 63.8 Å². The molecule has 3 aromatic carbocycles. The van der Waals surface area contributed by atoms with Gasteiger partial charge in [0.15, 0.2) is 0 Å². The van der Waals surface area contributed by atoms with Crippen molar-refractivity contribution in [3.05, 3.63) is 71.8 Å². The van der Waals surface area contributed by atoms with Gasteiger partial charge in [-0.1, -0.05) is 45.0 Å². The second kappa shape index (κ2) is 12.1. The highest BCUT2D eigenvalue weighted by atomic mass is 16.5. The van der Waals surface area contributed by atoms with Crippen LogP contribution in [0.1, 0.15) is 57.5 Å². The van der Waals surface area contributed by atoms with Gasteiger partial charge in [0.25, 0.3) is 0 Å². The minimum Gasteiger partial charge on any atom is -0.491 e. The topological polar surface area (TPSA) is 59.0 Å². The lowest BCUT2D eigenvalue weighted by Crippen LogP contribution is -2.26. The van der Waals surface area contributed by atoms with Crippen molar-refractivity contribution in [2.24, 2.45) is 0 Å². The van der Waals surface area contributed by atoms with Crippen molar-refractivity contribution in [2.45, 2.75) is 47.0 Å². The summed E-state index contributed by atoms with van der Waals surface area (Å²) in [6.07, 6.45) is 0. The summed E-state index contributed by atoms with van der Waals surface area (Å²) in [7, 11) is 0. The highest BCUT2D eigenvalue weighted by Gasteiger charge is 2.22. The zero-order valence-electron chi connectivity index (χ0n) is 22.4. The van der Waals surface area contributed by atoms with Gasteiger partial charge in [-0.3, -0.25) is 0 Å². The molecule has 3 rings (SSSR count). The molecule has 0 aromatic heterocycles. The second-order valence-corrected chi connectivity index (χ2v) is 9.74. The first-order chi connectivity index (χ1) is 17.2. The van der Waals surface area contributed by atoms with Gasteiger partial charge in [-0.25, -0.2) is 4.79 Å². The fourth-order valence-corrected chi connectivity index (χ4v) is 4.37. The van der Waals surface area contributed by atoms with E-state index in [1.165, 1.54) is 11.3 Å². The number of benzene rings is 3. The molecule has 0 saturated carbocycles. The summed E-state index contributed by atoms with van der Waals surface area (Å²) >= 11 is 0. The predicted molar refractivity (Wildman–Crippen MR) is 148 cm³/mol. The van der Waals surface area contributed by atoms with Gasteiger partial charge >= 0.3 is 5.97 Å². The van der Waals surface area contributed by atoms with Crippen molar-refractivity contribution in [3.8, 4) is 28.0 Å². The summed E-state index contributed by atoms with van der Waals surface area (Å²) in [4.78, 5) is 14.4. The van der Waals surface area contributed by atoms with E-state index in [1.54, 1.807) is 19.1 Å². The van der Waals surface area contributed by atoms with Gasteiger partial charge in [0, 0.05) is 24.3 Å². The van der Waals surface area contributed by atoms with Crippen molar-refractivity contribution in [3.63, 3.8) is 0 Å². The molecule has 0 radical (unpaired) electrons. The number of aliphatic hydroxyl groups excluding tert-OH is 1. The number of esters is 1. The number of carbonyl (C=O) groups excluding carboxylic acids is 1. The molecule has 3 aromatic rings. The zero-order chi connectivity index (χ0) is 26.3. The Hall–Kier alpha value is -3.31. The minimum absolute atomic E-state index is 0.0411. The maximum atomic E-state index is 12.0. The molecule has 0 aliphatic heterocycles. The van der Waals surface area contributed by atoms with E-state index in [0.29, 0.717) is 12.2 Å². The number of ether oxygens (including phenoxy) is 2. The highest BCUT2D eigenvalue weighted by molar-refractivity contribution is 5.90. The third kappa shape index (κ3) is 6.27. The van der Waals surface area contributed by atoms with Gasteiger partial charge in [-0.15, -0.1) is 0 Å². The van der Waals surface area contributed by atoms with Gasteiger partial charge in [-0.2, -0.15) is 0 Å². The molecule has 5 nitrogen and oxygen atoms in total. The summed E-state index contributed by atoms with van der Waals surface area (Å²) in [5.41, 5.74) is 7.06. The van der Waals surface area contributed by atoms with Crippen LogP contribution in [0.4, 0.5) is 5.69 Å². The number of nitrogens with zero attached hydrogens (tertiary/aromatic N) is 1. The fraction of sp³-hybridized carbons (Fsp3) is 0.387.